The predicted octanol–water partition coefficient (Wildman–Crippen LogP) is 6.19. The first kappa shape index (κ1) is 28.5. The fourth-order valence-electron chi connectivity index (χ4n) is 4.25. The van der Waals surface area contributed by atoms with E-state index < -0.39 is 34.5 Å². The Labute approximate surface area is 220 Å². The van der Waals surface area contributed by atoms with Crippen molar-refractivity contribution in [3.63, 3.8) is 0 Å². The summed E-state index contributed by atoms with van der Waals surface area (Å²) in [6.45, 7) is 8.36. The van der Waals surface area contributed by atoms with Crippen LogP contribution >= 0.6 is 11.8 Å². The topological polar surface area (TPSA) is 125 Å². The van der Waals surface area contributed by atoms with Gasteiger partial charge in [0, 0.05) is 22.9 Å². The van der Waals surface area contributed by atoms with Crippen molar-refractivity contribution in [3.05, 3.63) is 75.1 Å². The Balaban J connectivity index is 2.08. The first-order valence-corrected chi connectivity index (χ1v) is 13.3. The average molecular weight is 527 g/mol. The van der Waals surface area contributed by atoms with Gasteiger partial charge in [0.05, 0.1) is 16.7 Å². The highest BCUT2D eigenvalue weighted by atomic mass is 32.2. The number of aliphatic hydroxyl groups excluding tert-OH is 1. The Hall–Kier alpha value is -3.10. The second-order valence-electron chi connectivity index (χ2n) is 10.2. The lowest BCUT2D eigenvalue weighted by atomic mass is 9.86. The lowest BCUT2D eigenvalue weighted by molar-refractivity contribution is -0.137. The molecule has 198 valence electrons. The standard InChI is InChI=1S/C29H34O7S/c1-5-7-20-24(15-14-19-22(31)16-23(28(34)35)36-26(19)20)37-27(21(30)8-6-9-25(32)33)17-10-12-18(13-11-17)29(2,3)4/h10-16,21,27,30H,5-9H2,1-4H3,(H,32,33)(H,34,35). The van der Waals surface area contributed by atoms with Crippen LogP contribution in [-0.4, -0.2) is 33.4 Å². The molecule has 3 rings (SSSR count). The van der Waals surface area contributed by atoms with E-state index in [1.165, 1.54) is 11.8 Å². The Morgan fingerprint density at radius 3 is 2.30 bits per heavy atom. The van der Waals surface area contributed by atoms with Crippen LogP contribution < -0.4 is 5.43 Å². The van der Waals surface area contributed by atoms with Crippen LogP contribution in [0.25, 0.3) is 11.0 Å². The number of hydrogen-bond acceptors (Lipinski definition) is 6. The van der Waals surface area contributed by atoms with Crippen molar-refractivity contribution in [1.29, 1.82) is 0 Å². The number of thioether (sulfide) groups is 1. The molecule has 0 aliphatic carbocycles. The zero-order valence-corrected chi connectivity index (χ0v) is 22.4. The Bertz CT molecular complexity index is 1320. The van der Waals surface area contributed by atoms with Crippen LogP contribution in [0.3, 0.4) is 0 Å². The van der Waals surface area contributed by atoms with Crippen LogP contribution in [0.5, 0.6) is 0 Å². The van der Waals surface area contributed by atoms with Crippen molar-refractivity contribution in [3.8, 4) is 0 Å². The molecule has 37 heavy (non-hydrogen) atoms. The molecular weight excluding hydrogens is 492 g/mol. The van der Waals surface area contributed by atoms with Gasteiger partial charge < -0.3 is 19.7 Å². The van der Waals surface area contributed by atoms with E-state index in [9.17, 15) is 24.6 Å². The Kier molecular flexibility index (Phi) is 9.21. The molecule has 7 nitrogen and oxygen atoms in total. The number of aliphatic hydroxyl groups is 1. The van der Waals surface area contributed by atoms with Crippen molar-refractivity contribution in [2.45, 2.75) is 81.5 Å². The molecular formula is C29H34O7S. The van der Waals surface area contributed by atoms with Crippen molar-refractivity contribution in [1.82, 2.24) is 0 Å². The fraction of sp³-hybridized carbons (Fsp3) is 0.414. The van der Waals surface area contributed by atoms with Gasteiger partial charge >= 0.3 is 11.9 Å². The third-order valence-electron chi connectivity index (χ3n) is 6.27. The van der Waals surface area contributed by atoms with E-state index in [2.05, 4.69) is 20.8 Å². The van der Waals surface area contributed by atoms with E-state index in [0.717, 1.165) is 34.1 Å². The maximum absolute atomic E-state index is 12.6. The summed E-state index contributed by atoms with van der Waals surface area (Å²) in [6.07, 6.45) is 1.07. The van der Waals surface area contributed by atoms with Gasteiger partial charge in [0.25, 0.3) is 0 Å². The van der Waals surface area contributed by atoms with Crippen LogP contribution in [-0.2, 0) is 16.6 Å². The summed E-state index contributed by atoms with van der Waals surface area (Å²) in [5, 5.41) is 29.5. The maximum atomic E-state index is 12.6. The number of rotatable bonds is 11. The summed E-state index contributed by atoms with van der Waals surface area (Å²) >= 11 is 1.42. The van der Waals surface area contributed by atoms with Gasteiger partial charge in [-0.1, -0.05) is 58.4 Å². The summed E-state index contributed by atoms with van der Waals surface area (Å²) in [6, 6.07) is 12.5. The van der Waals surface area contributed by atoms with Gasteiger partial charge in [0.1, 0.15) is 5.58 Å². The van der Waals surface area contributed by atoms with Crippen molar-refractivity contribution >= 4 is 34.7 Å². The molecule has 3 N–H and O–H groups in total. The normalized spacial score (nSPS) is 13.4. The molecule has 3 aromatic rings. The molecule has 0 spiro atoms. The second kappa shape index (κ2) is 12.0. The largest absolute Gasteiger partial charge is 0.481 e. The average Bonchev–Trinajstić information content (AvgIpc) is 2.82. The highest BCUT2D eigenvalue weighted by Gasteiger charge is 2.26. The third-order valence-corrected chi connectivity index (χ3v) is 7.74. The summed E-state index contributed by atoms with van der Waals surface area (Å²) in [4.78, 5) is 35.9. The smallest absolute Gasteiger partial charge is 0.371 e. The zero-order valence-electron chi connectivity index (χ0n) is 21.6. The number of aryl methyl sites for hydroxylation is 1. The van der Waals surface area contributed by atoms with Crippen LogP contribution in [0.4, 0.5) is 0 Å². The molecule has 0 aliphatic heterocycles. The van der Waals surface area contributed by atoms with Gasteiger partial charge in [-0.2, -0.15) is 0 Å². The summed E-state index contributed by atoms with van der Waals surface area (Å²) < 4.78 is 5.68. The van der Waals surface area contributed by atoms with E-state index in [0.29, 0.717) is 24.6 Å². The van der Waals surface area contributed by atoms with Crippen molar-refractivity contribution in [2.75, 3.05) is 0 Å². The van der Waals surface area contributed by atoms with Crippen LogP contribution in [0.15, 0.2) is 56.6 Å². The molecule has 1 aromatic heterocycles. The quantitative estimate of drug-likeness (QED) is 0.253. The lowest BCUT2D eigenvalue weighted by Gasteiger charge is -2.26. The Morgan fingerprint density at radius 2 is 1.73 bits per heavy atom. The molecule has 8 heteroatoms. The minimum absolute atomic E-state index is 0.0302. The molecule has 0 bridgehead atoms. The molecule has 0 amide bonds. The molecule has 1 heterocycles. The summed E-state index contributed by atoms with van der Waals surface area (Å²) in [5.74, 6) is -2.64. The van der Waals surface area contributed by atoms with E-state index in [1.54, 1.807) is 6.07 Å². The van der Waals surface area contributed by atoms with Crippen LogP contribution in [0.1, 0.15) is 85.9 Å². The van der Waals surface area contributed by atoms with Gasteiger partial charge in [0.2, 0.25) is 5.76 Å². The van der Waals surface area contributed by atoms with E-state index in [-0.39, 0.29) is 17.4 Å². The number of aromatic carboxylic acids is 1. The fourth-order valence-corrected chi connectivity index (χ4v) is 5.59. The maximum Gasteiger partial charge on any atom is 0.371 e. The molecule has 0 saturated heterocycles. The first-order chi connectivity index (χ1) is 17.4. The highest BCUT2D eigenvalue weighted by Crippen LogP contribution is 2.43. The van der Waals surface area contributed by atoms with Crippen LogP contribution in [0.2, 0.25) is 0 Å². The van der Waals surface area contributed by atoms with E-state index in [4.69, 9.17) is 9.52 Å². The summed E-state index contributed by atoms with van der Waals surface area (Å²) in [5.41, 5.74) is 2.56. The molecule has 0 fully saturated rings. The molecule has 0 aliphatic rings. The van der Waals surface area contributed by atoms with E-state index in [1.807, 2.05) is 37.3 Å². The molecule has 0 radical (unpaired) electrons. The van der Waals surface area contributed by atoms with Gasteiger partial charge in [-0.25, -0.2) is 4.79 Å². The number of benzene rings is 2. The van der Waals surface area contributed by atoms with Gasteiger partial charge in [0.15, 0.2) is 5.43 Å². The molecule has 0 saturated carbocycles. The number of hydrogen-bond donors (Lipinski definition) is 3. The SMILES string of the molecule is CCCc1c(SC(c2ccc(C(C)(C)C)cc2)C(O)CCCC(=O)O)ccc2c(=O)cc(C(=O)O)oc12. The third kappa shape index (κ3) is 7.02. The number of carboxylic acid groups (broad SMARTS) is 2. The molecule has 2 atom stereocenters. The van der Waals surface area contributed by atoms with Crippen molar-refractivity contribution in [2.24, 2.45) is 0 Å². The number of carboxylic acids is 2. The van der Waals surface area contributed by atoms with Crippen LogP contribution in [0, 0.1) is 0 Å². The molecule has 2 aromatic carbocycles. The molecule has 2 unspecified atom stereocenters. The zero-order chi connectivity index (χ0) is 27.3. The number of carbonyl (C=O) groups is 2. The van der Waals surface area contributed by atoms with Gasteiger partial charge in [-0.05, 0) is 47.9 Å². The lowest BCUT2D eigenvalue weighted by Crippen LogP contribution is -2.18. The minimum atomic E-state index is -1.31. The van der Waals surface area contributed by atoms with Crippen molar-refractivity contribution < 1.29 is 29.3 Å². The van der Waals surface area contributed by atoms with Gasteiger partial charge in [-0.3, -0.25) is 9.59 Å². The highest BCUT2D eigenvalue weighted by molar-refractivity contribution is 7.99. The minimum Gasteiger partial charge on any atom is -0.481 e. The van der Waals surface area contributed by atoms with Gasteiger partial charge in [-0.15, -0.1) is 11.8 Å². The predicted molar refractivity (Wildman–Crippen MR) is 145 cm³/mol. The van der Waals surface area contributed by atoms with E-state index >= 15 is 0 Å². The second-order valence-corrected chi connectivity index (χ2v) is 11.4. The summed E-state index contributed by atoms with van der Waals surface area (Å²) in [7, 11) is 0. The first-order valence-electron chi connectivity index (χ1n) is 12.4. The Morgan fingerprint density at radius 1 is 1.05 bits per heavy atom. The number of aliphatic carboxylic acids is 1. The number of fused-ring (bicyclic) bond motifs is 1. The monoisotopic (exact) mass is 526 g/mol.